The van der Waals surface area contributed by atoms with Crippen molar-refractivity contribution in [1.29, 1.82) is 0 Å². The van der Waals surface area contributed by atoms with E-state index in [0.717, 1.165) is 12.0 Å². The molecule has 0 aromatic heterocycles. The van der Waals surface area contributed by atoms with Crippen LogP contribution in [0.25, 0.3) is 5.57 Å². The van der Waals surface area contributed by atoms with Gasteiger partial charge in [-0.1, -0.05) is 99.5 Å². The Kier molecular flexibility index (Phi) is 5.96. The first kappa shape index (κ1) is 18.1. The molecule has 0 saturated carbocycles. The molecular formula is C26H27-. The van der Waals surface area contributed by atoms with Gasteiger partial charge in [-0.15, -0.1) is 41.3 Å². The Morgan fingerprint density at radius 1 is 0.808 bits per heavy atom. The molecule has 3 aromatic carbocycles. The molecule has 0 aliphatic carbocycles. The molecule has 0 aliphatic heterocycles. The van der Waals surface area contributed by atoms with E-state index in [4.69, 9.17) is 0 Å². The fraction of sp³-hybridized carbons (Fsp3) is 0.192. The van der Waals surface area contributed by atoms with Crippen molar-refractivity contribution >= 4 is 5.57 Å². The van der Waals surface area contributed by atoms with Gasteiger partial charge in [-0.05, 0) is 17.1 Å². The minimum absolute atomic E-state index is 0.659. The molecule has 0 nitrogen and oxygen atoms in total. The van der Waals surface area contributed by atoms with E-state index < -0.39 is 0 Å². The third-order valence-electron chi connectivity index (χ3n) is 5.05. The maximum atomic E-state index is 4.34. The third-order valence-corrected chi connectivity index (χ3v) is 5.05. The Hall–Kier alpha value is -2.73. The minimum atomic E-state index is 0.659. The molecule has 132 valence electrons. The molecule has 0 fully saturated rings. The monoisotopic (exact) mass is 339 g/mol. The van der Waals surface area contributed by atoms with Gasteiger partial charge in [0, 0.05) is 0 Å². The summed E-state index contributed by atoms with van der Waals surface area (Å²) in [5, 5.41) is 0. The van der Waals surface area contributed by atoms with Gasteiger partial charge in [-0.25, -0.2) is 0 Å². The van der Waals surface area contributed by atoms with Crippen LogP contribution in [0.5, 0.6) is 0 Å². The highest BCUT2D eigenvalue weighted by Gasteiger charge is 2.12. The second kappa shape index (κ2) is 8.58. The largest absolute Gasteiger partial charge is 0.120 e. The molecule has 3 rings (SSSR count). The third kappa shape index (κ3) is 4.26. The van der Waals surface area contributed by atoms with E-state index in [0.29, 0.717) is 5.92 Å². The van der Waals surface area contributed by atoms with Crippen LogP contribution in [0.1, 0.15) is 48.9 Å². The number of rotatable bonds is 7. The van der Waals surface area contributed by atoms with Gasteiger partial charge in [-0.3, -0.25) is 0 Å². The van der Waals surface area contributed by atoms with Crippen LogP contribution in [-0.2, 0) is 0 Å². The lowest BCUT2D eigenvalue weighted by molar-refractivity contribution is 0.540. The van der Waals surface area contributed by atoms with E-state index >= 15 is 0 Å². The molecule has 3 aromatic rings. The van der Waals surface area contributed by atoms with Crippen molar-refractivity contribution in [3.63, 3.8) is 0 Å². The van der Waals surface area contributed by atoms with Crippen LogP contribution in [0.3, 0.4) is 0 Å². The van der Waals surface area contributed by atoms with Crippen molar-refractivity contribution < 1.29 is 0 Å². The Morgan fingerprint density at radius 3 is 2.04 bits per heavy atom. The van der Waals surface area contributed by atoms with Gasteiger partial charge in [0.15, 0.2) is 0 Å². The molecule has 0 radical (unpaired) electrons. The molecule has 0 N–H and O–H groups in total. The van der Waals surface area contributed by atoms with Crippen molar-refractivity contribution in [2.45, 2.75) is 26.7 Å². The van der Waals surface area contributed by atoms with Gasteiger partial charge >= 0.3 is 0 Å². The lowest BCUT2D eigenvalue weighted by Crippen LogP contribution is -2.08. The number of hydrogen-bond acceptors (Lipinski definition) is 0. The summed E-state index contributed by atoms with van der Waals surface area (Å²) in [5.74, 6) is 2.08. The van der Waals surface area contributed by atoms with E-state index in [1.165, 1.54) is 34.6 Å². The van der Waals surface area contributed by atoms with Gasteiger partial charge in [0.25, 0.3) is 0 Å². The standard InChI is InChI=1S/C26H27/c1-4-20(2)18-26(23-14-9-6-10-15-23)25-17-11-16-24(19-25)21(3)22-12-7-5-8-13-22/h5-17,19-20H,3-4,18H2,1-2H3/q-1. The summed E-state index contributed by atoms with van der Waals surface area (Å²) in [6.45, 7) is 8.93. The van der Waals surface area contributed by atoms with E-state index in [2.05, 4.69) is 99.3 Å². The summed E-state index contributed by atoms with van der Waals surface area (Å²) >= 11 is 0. The average Bonchev–Trinajstić information content (AvgIpc) is 2.72. The summed E-state index contributed by atoms with van der Waals surface area (Å²) in [4.78, 5) is 0. The number of benzene rings is 3. The first-order valence-electron chi connectivity index (χ1n) is 9.45. The van der Waals surface area contributed by atoms with Crippen LogP contribution >= 0.6 is 0 Å². The average molecular weight is 340 g/mol. The van der Waals surface area contributed by atoms with Crippen molar-refractivity contribution in [3.05, 3.63) is 120 Å². The van der Waals surface area contributed by atoms with E-state index in [9.17, 15) is 0 Å². The lowest BCUT2D eigenvalue weighted by atomic mass is 9.82. The summed E-state index contributed by atoms with van der Waals surface area (Å²) in [7, 11) is 0. The van der Waals surface area contributed by atoms with Crippen LogP contribution in [0.2, 0.25) is 0 Å². The molecule has 0 heterocycles. The fourth-order valence-electron chi connectivity index (χ4n) is 3.24. The molecule has 1 unspecified atom stereocenters. The first-order valence-corrected chi connectivity index (χ1v) is 9.45. The zero-order chi connectivity index (χ0) is 18.4. The summed E-state index contributed by atoms with van der Waals surface area (Å²) in [6.07, 6.45) is 2.27. The van der Waals surface area contributed by atoms with Crippen molar-refractivity contribution in [2.24, 2.45) is 5.92 Å². The molecule has 0 saturated heterocycles. The van der Waals surface area contributed by atoms with E-state index in [1.807, 2.05) is 6.07 Å². The Bertz CT molecular complexity index is 830. The van der Waals surface area contributed by atoms with Crippen LogP contribution < -0.4 is 0 Å². The zero-order valence-corrected chi connectivity index (χ0v) is 15.8. The highest BCUT2D eigenvalue weighted by Crippen LogP contribution is 2.33. The summed E-state index contributed by atoms with van der Waals surface area (Å²) in [6, 6.07) is 30.0. The zero-order valence-electron chi connectivity index (χ0n) is 15.8. The predicted molar refractivity (Wildman–Crippen MR) is 113 cm³/mol. The SMILES string of the molecule is C=C(c1ccccc1)c1cccc([C-](CC(C)CC)c2ccccc2)c1. The Morgan fingerprint density at radius 2 is 1.38 bits per heavy atom. The molecule has 1 atom stereocenters. The maximum absolute atomic E-state index is 4.34. The summed E-state index contributed by atoms with van der Waals surface area (Å²) in [5.41, 5.74) is 6.05. The predicted octanol–water partition coefficient (Wildman–Crippen LogP) is 7.16. The second-order valence-corrected chi connectivity index (χ2v) is 6.99. The highest BCUT2D eigenvalue weighted by molar-refractivity contribution is 5.78. The van der Waals surface area contributed by atoms with Crippen LogP contribution in [-0.4, -0.2) is 0 Å². The van der Waals surface area contributed by atoms with Gasteiger partial charge in [-0.2, -0.15) is 0 Å². The first-order chi connectivity index (χ1) is 12.7. The van der Waals surface area contributed by atoms with Crippen LogP contribution in [0.15, 0.2) is 91.5 Å². The van der Waals surface area contributed by atoms with E-state index in [1.54, 1.807) is 0 Å². The Labute approximate surface area is 158 Å². The second-order valence-electron chi connectivity index (χ2n) is 6.99. The topological polar surface area (TPSA) is 0 Å². The number of hydrogen-bond donors (Lipinski definition) is 0. The molecular weight excluding hydrogens is 312 g/mol. The normalized spacial score (nSPS) is 11.8. The van der Waals surface area contributed by atoms with Crippen molar-refractivity contribution in [2.75, 3.05) is 0 Å². The summed E-state index contributed by atoms with van der Waals surface area (Å²) < 4.78 is 0. The maximum Gasteiger partial charge on any atom is -0.0191 e. The highest BCUT2D eigenvalue weighted by atomic mass is 14.2. The van der Waals surface area contributed by atoms with Crippen LogP contribution in [0.4, 0.5) is 0 Å². The van der Waals surface area contributed by atoms with E-state index in [-0.39, 0.29) is 0 Å². The molecule has 26 heavy (non-hydrogen) atoms. The molecule has 0 aliphatic rings. The molecule has 0 bridgehead atoms. The fourth-order valence-corrected chi connectivity index (χ4v) is 3.24. The van der Waals surface area contributed by atoms with Gasteiger partial charge < -0.3 is 0 Å². The van der Waals surface area contributed by atoms with Gasteiger partial charge in [0.05, 0.1) is 0 Å². The lowest BCUT2D eigenvalue weighted by Gasteiger charge is -2.28. The molecule has 0 heteroatoms. The van der Waals surface area contributed by atoms with Crippen LogP contribution in [0, 0.1) is 11.8 Å². The van der Waals surface area contributed by atoms with Crippen molar-refractivity contribution in [3.8, 4) is 0 Å². The Balaban J connectivity index is 1.96. The van der Waals surface area contributed by atoms with Gasteiger partial charge in [0.1, 0.15) is 0 Å². The van der Waals surface area contributed by atoms with Gasteiger partial charge in [0.2, 0.25) is 0 Å². The molecule has 0 amide bonds. The molecule has 0 spiro atoms. The smallest absolute Gasteiger partial charge is 0.0191 e. The quantitative estimate of drug-likeness (QED) is 0.401. The van der Waals surface area contributed by atoms with Crippen molar-refractivity contribution in [1.82, 2.24) is 0 Å². The minimum Gasteiger partial charge on any atom is -0.120 e.